The van der Waals surface area contributed by atoms with E-state index in [0.29, 0.717) is 15.9 Å². The second kappa shape index (κ2) is 6.25. The zero-order valence-corrected chi connectivity index (χ0v) is 13.0. The Morgan fingerprint density at radius 3 is 2.75 bits per heavy atom. The third-order valence-corrected chi connectivity index (χ3v) is 3.94. The van der Waals surface area contributed by atoms with Gasteiger partial charge in [0.2, 0.25) is 0 Å². The van der Waals surface area contributed by atoms with Crippen molar-refractivity contribution in [2.45, 2.75) is 0 Å². The average molecular weight is 323 g/mol. The van der Waals surface area contributed by atoms with Crippen molar-refractivity contribution >= 4 is 28.5 Å². The molecule has 0 atom stereocenters. The van der Waals surface area contributed by atoms with E-state index in [0.717, 1.165) is 37.7 Å². The van der Waals surface area contributed by atoms with Crippen LogP contribution in [0.15, 0.2) is 42.6 Å². The molecular weight excluding hydrogens is 306 g/mol. The fourth-order valence-corrected chi connectivity index (χ4v) is 2.72. The van der Waals surface area contributed by atoms with Crippen LogP contribution >= 0.6 is 0 Å². The summed E-state index contributed by atoms with van der Waals surface area (Å²) in [7, 11) is 0. The van der Waals surface area contributed by atoms with Gasteiger partial charge in [-0.15, -0.1) is 0 Å². The molecule has 8 heteroatoms. The number of pyridine rings is 1. The summed E-state index contributed by atoms with van der Waals surface area (Å²) in [6, 6.07) is 11.0. The summed E-state index contributed by atoms with van der Waals surface area (Å²) in [5.74, 6) is 1.20. The highest BCUT2D eigenvalue weighted by atomic mass is 16.5. The minimum Gasteiger partial charge on any atom is -0.594 e. The van der Waals surface area contributed by atoms with Gasteiger partial charge in [-0.25, -0.2) is 9.97 Å². The van der Waals surface area contributed by atoms with Gasteiger partial charge in [-0.05, 0) is 23.0 Å². The van der Waals surface area contributed by atoms with Crippen LogP contribution in [0.25, 0.3) is 11.0 Å². The van der Waals surface area contributed by atoms with Crippen molar-refractivity contribution in [3.63, 3.8) is 0 Å². The number of aromatic nitrogens is 4. The van der Waals surface area contributed by atoms with Crippen LogP contribution in [0.4, 0.5) is 17.5 Å². The van der Waals surface area contributed by atoms with Gasteiger partial charge in [0.15, 0.2) is 0 Å². The molecule has 0 saturated carbocycles. The van der Waals surface area contributed by atoms with Gasteiger partial charge in [0.1, 0.15) is 11.3 Å². The molecule has 1 fully saturated rings. The molecule has 3 aromatic rings. The minimum atomic E-state index is 0.250. The van der Waals surface area contributed by atoms with Gasteiger partial charge in [-0.2, -0.15) is 0 Å². The largest absolute Gasteiger partial charge is 0.594 e. The van der Waals surface area contributed by atoms with Gasteiger partial charge in [0, 0.05) is 32.2 Å². The van der Waals surface area contributed by atoms with Gasteiger partial charge in [-0.3, -0.25) is 0 Å². The predicted octanol–water partition coefficient (Wildman–Crippen LogP) is 0.811. The van der Waals surface area contributed by atoms with E-state index in [9.17, 15) is 5.21 Å². The summed E-state index contributed by atoms with van der Waals surface area (Å²) in [6.45, 7) is 3.83. The number of fused-ring (bicyclic) bond motifs is 1. The van der Waals surface area contributed by atoms with E-state index in [-0.39, 0.29) is 5.95 Å². The van der Waals surface area contributed by atoms with Crippen molar-refractivity contribution < 1.29 is 4.85 Å². The molecule has 1 aromatic carbocycles. The fourth-order valence-electron chi connectivity index (χ4n) is 2.72. The van der Waals surface area contributed by atoms with Gasteiger partial charge < -0.3 is 20.7 Å². The number of hydrogen-bond donors (Lipinski definition) is 2. The number of rotatable bonds is 3. The van der Waals surface area contributed by atoms with Gasteiger partial charge in [-0.1, -0.05) is 12.1 Å². The second-order valence-electron chi connectivity index (χ2n) is 5.56. The molecule has 2 N–H and O–H groups in total. The van der Waals surface area contributed by atoms with E-state index in [1.165, 1.54) is 0 Å². The Bertz CT molecular complexity index is 847. The van der Waals surface area contributed by atoms with Crippen LogP contribution in [0.2, 0.25) is 0 Å². The Morgan fingerprint density at radius 2 is 1.96 bits per heavy atom. The van der Waals surface area contributed by atoms with Crippen molar-refractivity contribution in [2.75, 3.05) is 36.4 Å². The van der Waals surface area contributed by atoms with E-state index in [2.05, 4.69) is 30.6 Å². The standard InChI is InChI=1S/C16H17N7O/c24-23-14-4-2-1-3-13(14)20-16(21-23)19-12-5-6-15(18-11-12)22-9-7-17-8-10-22/h1-6,11,17H,7-10H2,(H,19,20,21). The van der Waals surface area contributed by atoms with E-state index < -0.39 is 0 Å². The first-order valence-electron chi connectivity index (χ1n) is 7.85. The first kappa shape index (κ1) is 14.6. The lowest BCUT2D eigenvalue weighted by Crippen LogP contribution is -2.43. The molecule has 122 valence electrons. The molecular formula is C16H17N7O. The summed E-state index contributed by atoms with van der Waals surface area (Å²) >= 11 is 0. The summed E-state index contributed by atoms with van der Waals surface area (Å²) in [5, 5.41) is 22.2. The summed E-state index contributed by atoms with van der Waals surface area (Å²) in [6.07, 6.45) is 1.73. The van der Waals surface area contributed by atoms with Gasteiger partial charge >= 0.3 is 0 Å². The molecule has 2 aromatic heterocycles. The highest BCUT2D eigenvalue weighted by molar-refractivity contribution is 5.71. The lowest BCUT2D eigenvalue weighted by atomic mass is 10.3. The molecule has 24 heavy (non-hydrogen) atoms. The van der Waals surface area contributed by atoms with Crippen LogP contribution in [-0.4, -0.2) is 41.2 Å². The normalized spacial score (nSPS) is 14.8. The lowest BCUT2D eigenvalue weighted by Gasteiger charge is -2.28. The Kier molecular flexibility index (Phi) is 3.80. The SMILES string of the molecule is [O-][n+]1nc(Nc2ccc(N3CCNCC3)nc2)nc2ccccc21. The quantitative estimate of drug-likeness (QED) is 0.544. The van der Waals surface area contributed by atoms with Gasteiger partial charge in [0.25, 0.3) is 11.5 Å². The number of hydrogen-bond acceptors (Lipinski definition) is 7. The molecule has 8 nitrogen and oxygen atoms in total. The smallest absolute Gasteiger partial charge is 0.295 e. The third kappa shape index (κ3) is 2.91. The van der Waals surface area contributed by atoms with Crippen molar-refractivity contribution in [1.29, 1.82) is 0 Å². The molecule has 0 spiro atoms. The first-order valence-corrected chi connectivity index (χ1v) is 7.85. The van der Waals surface area contributed by atoms with E-state index >= 15 is 0 Å². The van der Waals surface area contributed by atoms with Crippen LogP contribution in [0.5, 0.6) is 0 Å². The minimum absolute atomic E-state index is 0.250. The molecule has 1 aliphatic heterocycles. The third-order valence-electron chi connectivity index (χ3n) is 3.94. The molecule has 4 rings (SSSR count). The molecule has 0 aliphatic carbocycles. The monoisotopic (exact) mass is 323 g/mol. The molecule has 0 unspecified atom stereocenters. The van der Waals surface area contributed by atoms with E-state index in [1.54, 1.807) is 24.4 Å². The summed E-state index contributed by atoms with van der Waals surface area (Å²) in [4.78, 5) is 11.6. The van der Waals surface area contributed by atoms with E-state index in [1.807, 2.05) is 18.2 Å². The van der Waals surface area contributed by atoms with Crippen LogP contribution in [-0.2, 0) is 0 Å². The molecule has 0 bridgehead atoms. The van der Waals surface area contributed by atoms with Crippen molar-refractivity contribution in [1.82, 2.24) is 20.4 Å². The first-order chi connectivity index (χ1) is 11.8. The predicted molar refractivity (Wildman–Crippen MR) is 91.1 cm³/mol. The number of nitrogens with zero attached hydrogens (tertiary/aromatic N) is 5. The second-order valence-corrected chi connectivity index (χ2v) is 5.56. The van der Waals surface area contributed by atoms with Gasteiger partial charge in [0.05, 0.1) is 17.0 Å². The topological polar surface area (TPSA) is 92.9 Å². The van der Waals surface area contributed by atoms with Crippen LogP contribution in [0.3, 0.4) is 0 Å². The zero-order chi connectivity index (χ0) is 16.4. The highest BCUT2D eigenvalue weighted by Gasteiger charge is 2.13. The van der Waals surface area contributed by atoms with Crippen LogP contribution in [0, 0.1) is 5.21 Å². The maximum absolute atomic E-state index is 11.9. The number of piperazine rings is 1. The molecule has 1 saturated heterocycles. The Labute approximate surface area is 138 Å². The summed E-state index contributed by atoms with van der Waals surface area (Å²) in [5.41, 5.74) is 1.77. The van der Waals surface area contributed by atoms with E-state index in [4.69, 9.17) is 0 Å². The number of anilines is 3. The number of nitrogens with one attached hydrogen (secondary N) is 2. The Hall–Kier alpha value is -3.00. The van der Waals surface area contributed by atoms with Crippen LogP contribution < -0.4 is 20.4 Å². The maximum Gasteiger partial charge on any atom is 0.295 e. The molecule has 1 aliphatic rings. The lowest BCUT2D eigenvalue weighted by molar-refractivity contribution is -0.641. The molecule has 0 amide bonds. The maximum atomic E-state index is 11.9. The summed E-state index contributed by atoms with van der Waals surface area (Å²) < 4.78 is 0. The van der Waals surface area contributed by atoms with Crippen molar-refractivity contribution in [2.24, 2.45) is 0 Å². The number of para-hydroxylation sites is 2. The fraction of sp³-hybridized carbons (Fsp3) is 0.250. The van der Waals surface area contributed by atoms with Crippen molar-refractivity contribution in [3.05, 3.63) is 47.8 Å². The molecule has 0 radical (unpaired) electrons. The highest BCUT2D eigenvalue weighted by Crippen LogP contribution is 2.17. The zero-order valence-electron chi connectivity index (χ0n) is 13.0. The Morgan fingerprint density at radius 1 is 1.12 bits per heavy atom. The molecule has 3 heterocycles. The Balaban J connectivity index is 1.54. The number of benzene rings is 1. The van der Waals surface area contributed by atoms with Crippen LogP contribution in [0.1, 0.15) is 0 Å². The van der Waals surface area contributed by atoms with Crippen molar-refractivity contribution in [3.8, 4) is 0 Å². The average Bonchev–Trinajstić information content (AvgIpc) is 2.63.